The van der Waals surface area contributed by atoms with Crippen LogP contribution in [0.3, 0.4) is 0 Å². The van der Waals surface area contributed by atoms with Crippen LogP contribution in [-0.2, 0) is 12.8 Å². The van der Waals surface area contributed by atoms with E-state index in [1.165, 1.54) is 49.7 Å². The molecule has 0 radical (unpaired) electrons. The van der Waals surface area contributed by atoms with Crippen LogP contribution in [-0.4, -0.2) is 12.6 Å². The fraction of sp³-hybridized carbons (Fsp3) is 0.625. The summed E-state index contributed by atoms with van der Waals surface area (Å²) in [4.78, 5) is 0. The average molecular weight is 245 g/mol. The highest BCUT2D eigenvalue weighted by Gasteiger charge is 2.19. The molecule has 2 heteroatoms. The minimum Gasteiger partial charge on any atom is -0.493 e. The van der Waals surface area contributed by atoms with Crippen molar-refractivity contribution in [2.45, 2.75) is 51.0 Å². The second-order valence-corrected chi connectivity index (χ2v) is 5.88. The van der Waals surface area contributed by atoms with E-state index >= 15 is 0 Å². The summed E-state index contributed by atoms with van der Waals surface area (Å²) < 4.78 is 5.67. The highest BCUT2D eigenvalue weighted by molar-refractivity contribution is 5.38. The summed E-state index contributed by atoms with van der Waals surface area (Å²) in [5.74, 6) is 1.95. The molecule has 1 saturated carbocycles. The van der Waals surface area contributed by atoms with E-state index in [0.29, 0.717) is 6.04 Å². The molecule has 1 aromatic carbocycles. The first-order valence-electron chi connectivity index (χ1n) is 7.31. The van der Waals surface area contributed by atoms with Gasteiger partial charge in [-0.3, -0.25) is 0 Å². The van der Waals surface area contributed by atoms with Crippen molar-refractivity contribution in [3.05, 3.63) is 29.3 Å². The van der Waals surface area contributed by atoms with Gasteiger partial charge in [0.15, 0.2) is 0 Å². The van der Waals surface area contributed by atoms with Gasteiger partial charge in [0.25, 0.3) is 0 Å². The largest absolute Gasteiger partial charge is 0.493 e. The van der Waals surface area contributed by atoms with E-state index in [-0.39, 0.29) is 0 Å². The molecular weight excluding hydrogens is 222 g/mol. The van der Waals surface area contributed by atoms with Crippen molar-refractivity contribution < 1.29 is 4.74 Å². The van der Waals surface area contributed by atoms with E-state index in [9.17, 15) is 0 Å². The summed E-state index contributed by atoms with van der Waals surface area (Å²) in [6, 6.07) is 7.23. The Balaban J connectivity index is 1.66. The van der Waals surface area contributed by atoms with Crippen LogP contribution in [0.4, 0.5) is 0 Å². The van der Waals surface area contributed by atoms with Crippen LogP contribution in [0.2, 0.25) is 0 Å². The topological polar surface area (TPSA) is 35.2 Å². The number of hydrogen-bond acceptors (Lipinski definition) is 2. The van der Waals surface area contributed by atoms with Crippen molar-refractivity contribution in [1.29, 1.82) is 0 Å². The quantitative estimate of drug-likeness (QED) is 0.869. The Kier molecular flexibility index (Phi) is 3.55. The van der Waals surface area contributed by atoms with E-state index in [4.69, 9.17) is 10.5 Å². The van der Waals surface area contributed by atoms with Gasteiger partial charge in [0, 0.05) is 6.04 Å². The zero-order valence-corrected chi connectivity index (χ0v) is 11.0. The standard InChI is InChI=1S/C16H23NO/c17-15-6-3-12(4-7-15)10-13-5-8-16-14(11-13)2-1-9-18-16/h5,8,11-12,15H,1-4,6-7,9-10,17H2. The lowest BCUT2D eigenvalue weighted by atomic mass is 9.82. The maximum absolute atomic E-state index is 5.96. The van der Waals surface area contributed by atoms with Gasteiger partial charge < -0.3 is 10.5 Å². The third kappa shape index (κ3) is 2.69. The molecule has 1 heterocycles. The molecule has 0 atom stereocenters. The smallest absolute Gasteiger partial charge is 0.122 e. The molecule has 0 unspecified atom stereocenters. The summed E-state index contributed by atoms with van der Waals surface area (Å²) in [5, 5.41) is 0. The molecule has 0 saturated heterocycles. The lowest BCUT2D eigenvalue weighted by Crippen LogP contribution is -2.27. The van der Waals surface area contributed by atoms with Crippen LogP contribution >= 0.6 is 0 Å². The Morgan fingerprint density at radius 1 is 1.17 bits per heavy atom. The van der Waals surface area contributed by atoms with Gasteiger partial charge in [0.2, 0.25) is 0 Å². The van der Waals surface area contributed by atoms with Crippen molar-refractivity contribution in [2.24, 2.45) is 11.7 Å². The third-order valence-corrected chi connectivity index (χ3v) is 4.39. The zero-order chi connectivity index (χ0) is 12.4. The van der Waals surface area contributed by atoms with Crippen molar-refractivity contribution in [3.63, 3.8) is 0 Å². The number of nitrogens with two attached hydrogens (primary N) is 1. The lowest BCUT2D eigenvalue weighted by Gasteiger charge is -2.26. The Morgan fingerprint density at radius 2 is 2.00 bits per heavy atom. The van der Waals surface area contributed by atoms with Gasteiger partial charge in [-0.2, -0.15) is 0 Å². The van der Waals surface area contributed by atoms with Crippen LogP contribution in [0.25, 0.3) is 0 Å². The van der Waals surface area contributed by atoms with Gasteiger partial charge >= 0.3 is 0 Å². The van der Waals surface area contributed by atoms with Crippen LogP contribution < -0.4 is 10.5 Å². The molecule has 18 heavy (non-hydrogen) atoms. The maximum atomic E-state index is 5.96. The molecular formula is C16H23NO. The molecule has 3 rings (SSSR count). The first kappa shape index (κ1) is 12.0. The van der Waals surface area contributed by atoms with Crippen molar-refractivity contribution >= 4 is 0 Å². The van der Waals surface area contributed by atoms with Crippen LogP contribution in [0.15, 0.2) is 18.2 Å². The lowest BCUT2D eigenvalue weighted by molar-refractivity contribution is 0.287. The number of fused-ring (bicyclic) bond motifs is 1. The van der Waals surface area contributed by atoms with Gasteiger partial charge in [-0.15, -0.1) is 0 Å². The highest BCUT2D eigenvalue weighted by Crippen LogP contribution is 2.30. The molecule has 0 aromatic heterocycles. The molecule has 0 bridgehead atoms. The molecule has 1 aliphatic carbocycles. The molecule has 98 valence electrons. The van der Waals surface area contributed by atoms with Crippen molar-refractivity contribution in [3.8, 4) is 5.75 Å². The number of ether oxygens (including phenoxy) is 1. The molecule has 1 aromatic rings. The van der Waals surface area contributed by atoms with Gasteiger partial charge in [0.1, 0.15) is 5.75 Å². The fourth-order valence-corrected chi connectivity index (χ4v) is 3.27. The maximum Gasteiger partial charge on any atom is 0.122 e. The van der Waals surface area contributed by atoms with Gasteiger partial charge in [0.05, 0.1) is 6.61 Å². The number of benzene rings is 1. The molecule has 1 aliphatic heterocycles. The molecule has 2 N–H and O–H groups in total. The first-order valence-corrected chi connectivity index (χ1v) is 7.31. The fourth-order valence-electron chi connectivity index (χ4n) is 3.27. The zero-order valence-electron chi connectivity index (χ0n) is 11.0. The summed E-state index contributed by atoms with van der Waals surface area (Å²) in [6.07, 6.45) is 8.58. The number of rotatable bonds is 2. The normalized spacial score (nSPS) is 27.4. The predicted molar refractivity (Wildman–Crippen MR) is 73.9 cm³/mol. The molecule has 2 aliphatic rings. The second kappa shape index (κ2) is 5.31. The molecule has 0 spiro atoms. The highest BCUT2D eigenvalue weighted by atomic mass is 16.5. The van der Waals surface area contributed by atoms with E-state index in [1.807, 2.05) is 0 Å². The Labute approximate surface area is 110 Å². The van der Waals surface area contributed by atoms with Crippen molar-refractivity contribution in [2.75, 3.05) is 6.61 Å². The Hall–Kier alpha value is -1.02. The van der Waals surface area contributed by atoms with E-state index in [2.05, 4.69) is 18.2 Å². The molecule has 0 amide bonds. The van der Waals surface area contributed by atoms with Gasteiger partial charge in [-0.25, -0.2) is 0 Å². The van der Waals surface area contributed by atoms with Crippen LogP contribution in [0, 0.1) is 5.92 Å². The minimum absolute atomic E-state index is 0.457. The minimum atomic E-state index is 0.457. The van der Waals surface area contributed by atoms with Gasteiger partial charge in [-0.05, 0) is 68.1 Å². The Bertz CT molecular complexity index is 408. The van der Waals surface area contributed by atoms with Crippen LogP contribution in [0.5, 0.6) is 5.75 Å². The molecule has 2 nitrogen and oxygen atoms in total. The number of hydrogen-bond donors (Lipinski definition) is 1. The summed E-state index contributed by atoms with van der Waals surface area (Å²) >= 11 is 0. The van der Waals surface area contributed by atoms with E-state index in [1.54, 1.807) is 0 Å². The summed E-state index contributed by atoms with van der Waals surface area (Å²) in [7, 11) is 0. The predicted octanol–water partition coefficient (Wildman–Crippen LogP) is 3.07. The SMILES string of the molecule is NC1CCC(Cc2ccc3c(c2)CCCO3)CC1. The second-order valence-electron chi connectivity index (χ2n) is 5.88. The monoisotopic (exact) mass is 245 g/mol. The number of aryl methyl sites for hydroxylation is 1. The summed E-state index contributed by atoms with van der Waals surface area (Å²) in [5.41, 5.74) is 8.86. The average Bonchev–Trinajstić information content (AvgIpc) is 2.41. The Morgan fingerprint density at radius 3 is 2.83 bits per heavy atom. The first-order chi connectivity index (χ1) is 8.81. The van der Waals surface area contributed by atoms with Gasteiger partial charge in [-0.1, -0.05) is 12.1 Å². The van der Waals surface area contributed by atoms with Crippen molar-refractivity contribution in [1.82, 2.24) is 0 Å². The van der Waals surface area contributed by atoms with E-state index < -0.39 is 0 Å². The third-order valence-electron chi connectivity index (χ3n) is 4.39. The summed E-state index contributed by atoms with van der Waals surface area (Å²) in [6.45, 7) is 0.882. The van der Waals surface area contributed by atoms with E-state index in [0.717, 1.165) is 24.7 Å². The van der Waals surface area contributed by atoms with Crippen LogP contribution in [0.1, 0.15) is 43.2 Å². The molecule has 1 fully saturated rings.